The Bertz CT molecular complexity index is 1070. The van der Waals surface area contributed by atoms with Crippen molar-refractivity contribution < 1.29 is 39.8 Å². The Labute approximate surface area is 381 Å². The Hall–Kier alpha value is -1.59. The zero-order valence-corrected chi connectivity index (χ0v) is 40.1. The molecule has 0 radical (unpaired) electrons. The first-order valence-electron chi connectivity index (χ1n) is 26.2. The fourth-order valence-corrected chi connectivity index (χ4v) is 8.25. The van der Waals surface area contributed by atoms with Gasteiger partial charge in [-0.2, -0.15) is 0 Å². The zero-order valence-electron chi connectivity index (χ0n) is 40.1. The highest BCUT2D eigenvalue weighted by Gasteiger charge is 2.44. The van der Waals surface area contributed by atoms with Crippen molar-refractivity contribution in [3.8, 4) is 0 Å². The van der Waals surface area contributed by atoms with E-state index in [9.17, 15) is 30.3 Å². The third-order valence-corrected chi connectivity index (χ3v) is 12.5. The summed E-state index contributed by atoms with van der Waals surface area (Å²) >= 11 is 0. The second kappa shape index (κ2) is 43.3. The summed E-state index contributed by atoms with van der Waals surface area (Å²) < 4.78 is 11.2. The summed E-state index contributed by atoms with van der Waals surface area (Å²) in [6.07, 6.45) is 47.7. The molecule has 9 heteroatoms. The molecule has 6 N–H and O–H groups in total. The van der Waals surface area contributed by atoms with Crippen molar-refractivity contribution >= 4 is 5.91 Å². The highest BCUT2D eigenvalue weighted by molar-refractivity contribution is 5.76. The second-order valence-electron chi connectivity index (χ2n) is 18.3. The molecule has 1 saturated heterocycles. The van der Waals surface area contributed by atoms with E-state index in [0.717, 1.165) is 44.9 Å². The summed E-state index contributed by atoms with van der Waals surface area (Å²) in [5, 5.41) is 54.3. The van der Waals surface area contributed by atoms with E-state index < -0.39 is 49.5 Å². The molecule has 1 aliphatic rings. The maximum atomic E-state index is 13.0. The van der Waals surface area contributed by atoms with Gasteiger partial charge in [0.05, 0.1) is 25.4 Å². The molecule has 1 rings (SSSR count). The van der Waals surface area contributed by atoms with Gasteiger partial charge in [0.25, 0.3) is 0 Å². The maximum absolute atomic E-state index is 13.0. The van der Waals surface area contributed by atoms with E-state index in [1.807, 2.05) is 6.08 Å². The lowest BCUT2D eigenvalue weighted by Gasteiger charge is -2.40. The minimum absolute atomic E-state index is 0.177. The normalized spacial score (nSPS) is 20.5. The monoisotopic (exact) mass is 878 g/mol. The van der Waals surface area contributed by atoms with Crippen LogP contribution < -0.4 is 5.32 Å². The van der Waals surface area contributed by atoms with E-state index in [1.165, 1.54) is 173 Å². The molecule has 0 saturated carbocycles. The smallest absolute Gasteiger partial charge is 0.220 e. The molecule has 364 valence electrons. The summed E-state index contributed by atoms with van der Waals surface area (Å²) in [6.45, 7) is 3.76. The molecule has 0 spiro atoms. The van der Waals surface area contributed by atoms with Gasteiger partial charge >= 0.3 is 0 Å². The molecule has 1 fully saturated rings. The van der Waals surface area contributed by atoms with E-state index >= 15 is 0 Å². The number of allylic oxidation sites excluding steroid dienone is 5. The number of aliphatic hydroxyl groups excluding tert-OH is 5. The molecular weight excluding hydrogens is 779 g/mol. The highest BCUT2D eigenvalue weighted by atomic mass is 16.7. The largest absolute Gasteiger partial charge is 0.394 e. The maximum Gasteiger partial charge on any atom is 0.220 e. The first-order chi connectivity index (χ1) is 30.3. The van der Waals surface area contributed by atoms with Gasteiger partial charge < -0.3 is 40.3 Å². The highest BCUT2D eigenvalue weighted by Crippen LogP contribution is 2.23. The van der Waals surface area contributed by atoms with Crippen LogP contribution in [0.15, 0.2) is 36.5 Å². The molecule has 1 aliphatic heterocycles. The third kappa shape index (κ3) is 33.0. The lowest BCUT2D eigenvalue weighted by molar-refractivity contribution is -0.302. The minimum Gasteiger partial charge on any atom is -0.394 e. The molecule has 62 heavy (non-hydrogen) atoms. The zero-order chi connectivity index (χ0) is 45.1. The van der Waals surface area contributed by atoms with Crippen LogP contribution in [0.25, 0.3) is 0 Å². The fraction of sp³-hybridized carbons (Fsp3) is 0.868. The number of nitrogens with one attached hydrogen (secondary N) is 1. The summed E-state index contributed by atoms with van der Waals surface area (Å²) in [4.78, 5) is 13.0. The van der Waals surface area contributed by atoms with Crippen LogP contribution in [0.1, 0.15) is 239 Å². The van der Waals surface area contributed by atoms with Crippen LogP contribution in [0.5, 0.6) is 0 Å². The van der Waals surface area contributed by atoms with Gasteiger partial charge in [0, 0.05) is 6.42 Å². The first-order valence-corrected chi connectivity index (χ1v) is 26.2. The number of amides is 1. The molecule has 1 amide bonds. The first kappa shape index (κ1) is 58.4. The summed E-state index contributed by atoms with van der Waals surface area (Å²) in [7, 11) is 0. The predicted octanol–water partition coefficient (Wildman–Crippen LogP) is 12.0. The van der Waals surface area contributed by atoms with Crippen LogP contribution in [0.4, 0.5) is 0 Å². The van der Waals surface area contributed by atoms with E-state index in [0.29, 0.717) is 6.42 Å². The molecule has 0 aliphatic carbocycles. The molecule has 0 aromatic rings. The van der Waals surface area contributed by atoms with E-state index in [-0.39, 0.29) is 12.5 Å². The Morgan fingerprint density at radius 2 is 0.952 bits per heavy atom. The number of aliphatic hydroxyl groups is 5. The number of hydrogen-bond acceptors (Lipinski definition) is 8. The van der Waals surface area contributed by atoms with Crippen LogP contribution in [-0.4, -0.2) is 87.5 Å². The Morgan fingerprint density at radius 1 is 0.548 bits per heavy atom. The molecule has 1 heterocycles. The number of carbonyl (C=O) groups is 1. The Morgan fingerprint density at radius 3 is 1.39 bits per heavy atom. The topological polar surface area (TPSA) is 149 Å². The molecule has 0 aromatic carbocycles. The molecule has 7 unspecified atom stereocenters. The van der Waals surface area contributed by atoms with Gasteiger partial charge in [-0.15, -0.1) is 0 Å². The number of ether oxygens (including phenoxy) is 2. The summed E-state index contributed by atoms with van der Waals surface area (Å²) in [5.74, 6) is -0.177. The molecular formula is C53H99NO8. The lowest BCUT2D eigenvalue weighted by atomic mass is 9.99. The summed E-state index contributed by atoms with van der Waals surface area (Å²) in [6, 6.07) is -0.802. The van der Waals surface area contributed by atoms with Crippen molar-refractivity contribution in [1.29, 1.82) is 0 Å². The average molecular weight is 878 g/mol. The van der Waals surface area contributed by atoms with Crippen LogP contribution in [-0.2, 0) is 14.3 Å². The number of hydrogen-bond donors (Lipinski definition) is 6. The Kier molecular flexibility index (Phi) is 40.8. The van der Waals surface area contributed by atoms with Crippen LogP contribution in [0.2, 0.25) is 0 Å². The van der Waals surface area contributed by atoms with Crippen molar-refractivity contribution in [2.45, 2.75) is 281 Å². The van der Waals surface area contributed by atoms with Crippen molar-refractivity contribution in [3.05, 3.63) is 36.5 Å². The number of unbranched alkanes of at least 4 members (excludes halogenated alkanes) is 30. The van der Waals surface area contributed by atoms with Crippen molar-refractivity contribution in [1.82, 2.24) is 5.32 Å². The minimum atomic E-state index is -1.56. The van der Waals surface area contributed by atoms with E-state index in [4.69, 9.17) is 9.47 Å². The van der Waals surface area contributed by atoms with Gasteiger partial charge in [-0.05, 0) is 51.4 Å². The van der Waals surface area contributed by atoms with Gasteiger partial charge in [0.15, 0.2) is 6.29 Å². The molecule has 9 nitrogen and oxygen atoms in total. The van der Waals surface area contributed by atoms with Crippen LogP contribution in [0.3, 0.4) is 0 Å². The van der Waals surface area contributed by atoms with Crippen molar-refractivity contribution in [2.75, 3.05) is 13.2 Å². The second-order valence-corrected chi connectivity index (χ2v) is 18.3. The standard InChI is InChI=1S/C53H99NO8/c1-3-5-7-9-11-13-15-17-18-19-20-21-22-23-24-25-26-27-28-29-30-31-33-35-37-39-41-43-49(57)54-46(45-61-53-52(60)51(59)50(58)48(44-55)62-53)47(56)42-40-38-36-34-32-16-14-12-10-8-6-4-2/h15,17,19-20,40,42,46-48,50-53,55-56,58-60H,3-14,16,18,21-39,41,43-45H2,1-2H3,(H,54,57)/b17-15-,20-19-,42-40+. The lowest BCUT2D eigenvalue weighted by Crippen LogP contribution is -2.60. The average Bonchev–Trinajstić information content (AvgIpc) is 3.27. The van der Waals surface area contributed by atoms with Crippen molar-refractivity contribution in [3.63, 3.8) is 0 Å². The van der Waals surface area contributed by atoms with Crippen LogP contribution >= 0.6 is 0 Å². The van der Waals surface area contributed by atoms with Crippen molar-refractivity contribution in [2.24, 2.45) is 0 Å². The quantitative estimate of drug-likeness (QED) is 0.0262. The SMILES string of the molecule is CCCCCCC/C=C\C/C=C\CCCCCCCCCCCCCCCCCC(=O)NC(COC1OC(CO)C(O)C(O)C1O)C(O)/C=C/CCCCCCCCCCCC. The molecule has 7 atom stereocenters. The molecule has 0 bridgehead atoms. The Balaban J connectivity index is 2.19. The number of carbonyl (C=O) groups excluding carboxylic acids is 1. The summed E-state index contributed by atoms with van der Waals surface area (Å²) in [5.41, 5.74) is 0. The van der Waals surface area contributed by atoms with Gasteiger partial charge in [-0.3, -0.25) is 4.79 Å². The predicted molar refractivity (Wildman–Crippen MR) is 258 cm³/mol. The van der Waals surface area contributed by atoms with E-state index in [2.05, 4.69) is 43.5 Å². The van der Waals surface area contributed by atoms with Gasteiger partial charge in [-0.25, -0.2) is 0 Å². The van der Waals surface area contributed by atoms with Gasteiger partial charge in [-0.1, -0.05) is 217 Å². The number of rotatable bonds is 44. The molecule has 0 aromatic heterocycles. The fourth-order valence-electron chi connectivity index (χ4n) is 8.25. The van der Waals surface area contributed by atoms with Gasteiger partial charge in [0.2, 0.25) is 5.91 Å². The van der Waals surface area contributed by atoms with Gasteiger partial charge in [0.1, 0.15) is 24.4 Å². The van der Waals surface area contributed by atoms with E-state index in [1.54, 1.807) is 6.08 Å². The van der Waals surface area contributed by atoms with Crippen LogP contribution in [0, 0.1) is 0 Å². The third-order valence-electron chi connectivity index (χ3n) is 12.5.